The van der Waals surface area contributed by atoms with Crippen LogP contribution in [0.15, 0.2) is 42.5 Å². The molecule has 0 saturated carbocycles. The largest absolute Gasteiger partial charge is 0.496 e. The van der Waals surface area contributed by atoms with Crippen molar-refractivity contribution in [1.82, 2.24) is 10.2 Å². The van der Waals surface area contributed by atoms with Crippen LogP contribution in [-0.2, 0) is 13.1 Å². The van der Waals surface area contributed by atoms with Gasteiger partial charge in [0.25, 0.3) is 11.6 Å². The van der Waals surface area contributed by atoms with Gasteiger partial charge in [-0.3, -0.25) is 19.8 Å². The maximum atomic E-state index is 12.5. The molecule has 0 aromatic heterocycles. The molecular weight excluding hydrogens is 370 g/mol. The summed E-state index contributed by atoms with van der Waals surface area (Å²) in [6.45, 7) is 5.88. The number of amides is 1. The van der Waals surface area contributed by atoms with Gasteiger partial charge in [0, 0.05) is 25.2 Å². The number of non-ortho nitro benzene ring substituents is 1. The van der Waals surface area contributed by atoms with E-state index in [0.29, 0.717) is 12.3 Å². The number of likely N-dealkylation sites (tertiary alicyclic amines) is 1. The van der Waals surface area contributed by atoms with Crippen LogP contribution in [0.4, 0.5) is 5.69 Å². The molecule has 0 radical (unpaired) electrons. The molecule has 7 heteroatoms. The first-order valence-electron chi connectivity index (χ1n) is 9.87. The predicted molar refractivity (Wildman–Crippen MR) is 111 cm³/mol. The smallest absolute Gasteiger partial charge is 0.270 e. The number of methoxy groups -OCH3 is 1. The van der Waals surface area contributed by atoms with Crippen molar-refractivity contribution in [2.75, 3.05) is 20.2 Å². The highest BCUT2D eigenvalue weighted by Gasteiger charge is 2.18. The summed E-state index contributed by atoms with van der Waals surface area (Å²) < 4.78 is 5.16. The Morgan fingerprint density at radius 3 is 2.45 bits per heavy atom. The highest BCUT2D eigenvalue weighted by molar-refractivity contribution is 5.97. The van der Waals surface area contributed by atoms with Gasteiger partial charge in [-0.05, 0) is 49.0 Å². The van der Waals surface area contributed by atoms with Crippen molar-refractivity contribution in [2.24, 2.45) is 5.92 Å². The van der Waals surface area contributed by atoms with Crippen LogP contribution in [-0.4, -0.2) is 35.9 Å². The van der Waals surface area contributed by atoms with E-state index in [1.807, 2.05) is 12.1 Å². The minimum Gasteiger partial charge on any atom is -0.496 e. The number of benzene rings is 2. The number of nitro benzene ring substituents is 1. The van der Waals surface area contributed by atoms with E-state index >= 15 is 0 Å². The molecular formula is C22H27N3O4. The number of nitrogens with zero attached hydrogens (tertiary/aromatic N) is 2. The molecule has 29 heavy (non-hydrogen) atoms. The second-order valence-electron chi connectivity index (χ2n) is 7.60. The van der Waals surface area contributed by atoms with E-state index in [0.717, 1.165) is 31.1 Å². The molecule has 1 aliphatic heterocycles. The van der Waals surface area contributed by atoms with Crippen LogP contribution in [0.3, 0.4) is 0 Å². The Labute approximate surface area is 170 Å². The van der Waals surface area contributed by atoms with Gasteiger partial charge in [0.1, 0.15) is 5.75 Å². The van der Waals surface area contributed by atoms with E-state index in [1.54, 1.807) is 0 Å². The number of hydrogen-bond acceptors (Lipinski definition) is 5. The van der Waals surface area contributed by atoms with Crippen LogP contribution in [0.1, 0.15) is 41.3 Å². The van der Waals surface area contributed by atoms with E-state index in [9.17, 15) is 14.9 Å². The standard InChI is InChI=1S/C22H27N3O4/c1-16-9-11-24(12-10-16)15-18-5-3-17(4-6-18)14-23-22(26)20-13-19(25(27)28)7-8-21(20)29-2/h3-8,13,16H,9-12,14-15H2,1-2H3,(H,23,26). The molecule has 3 rings (SSSR count). The first-order valence-corrected chi connectivity index (χ1v) is 9.87. The van der Waals surface area contributed by atoms with Gasteiger partial charge < -0.3 is 10.1 Å². The monoisotopic (exact) mass is 397 g/mol. The van der Waals surface area contributed by atoms with Gasteiger partial charge in [-0.1, -0.05) is 31.2 Å². The van der Waals surface area contributed by atoms with E-state index in [4.69, 9.17) is 4.74 Å². The number of rotatable bonds is 7. The summed E-state index contributed by atoms with van der Waals surface area (Å²) in [6, 6.07) is 12.2. The third-order valence-electron chi connectivity index (χ3n) is 5.40. The number of hydrogen-bond donors (Lipinski definition) is 1. The predicted octanol–water partition coefficient (Wildman–Crippen LogP) is 3.77. The number of carbonyl (C=O) groups is 1. The first-order chi connectivity index (χ1) is 14.0. The molecule has 2 aromatic rings. The van der Waals surface area contributed by atoms with Gasteiger partial charge in [0.15, 0.2) is 0 Å². The summed E-state index contributed by atoms with van der Waals surface area (Å²) in [5.74, 6) is 0.721. The lowest BCUT2D eigenvalue weighted by atomic mass is 9.99. The number of ether oxygens (including phenoxy) is 1. The maximum absolute atomic E-state index is 12.5. The summed E-state index contributed by atoms with van der Waals surface area (Å²) in [5.41, 5.74) is 2.24. The molecule has 0 bridgehead atoms. The van der Waals surface area contributed by atoms with Crippen LogP contribution in [0.25, 0.3) is 0 Å². The lowest BCUT2D eigenvalue weighted by molar-refractivity contribution is -0.384. The Kier molecular flexibility index (Phi) is 6.82. The van der Waals surface area contributed by atoms with Crippen LogP contribution in [0.5, 0.6) is 5.75 Å². The summed E-state index contributed by atoms with van der Waals surface area (Å²) in [7, 11) is 1.43. The van der Waals surface area contributed by atoms with Crippen molar-refractivity contribution in [3.05, 3.63) is 69.3 Å². The van der Waals surface area contributed by atoms with Crippen molar-refractivity contribution in [2.45, 2.75) is 32.9 Å². The molecule has 0 aliphatic carbocycles. The lowest BCUT2D eigenvalue weighted by Crippen LogP contribution is -2.32. The SMILES string of the molecule is COc1ccc([N+](=O)[O-])cc1C(=O)NCc1ccc(CN2CCC(C)CC2)cc1. The normalized spacial score (nSPS) is 15.1. The van der Waals surface area contributed by atoms with Crippen LogP contribution >= 0.6 is 0 Å². The molecule has 154 valence electrons. The van der Waals surface area contributed by atoms with Crippen LogP contribution in [0, 0.1) is 16.0 Å². The molecule has 2 aromatic carbocycles. The average molecular weight is 397 g/mol. The molecule has 0 atom stereocenters. The molecule has 1 fully saturated rings. The molecule has 1 aliphatic rings. The highest BCUT2D eigenvalue weighted by Crippen LogP contribution is 2.24. The second-order valence-corrected chi connectivity index (χ2v) is 7.60. The fourth-order valence-corrected chi connectivity index (χ4v) is 3.51. The van der Waals surface area contributed by atoms with Crippen molar-refractivity contribution < 1.29 is 14.5 Å². The topological polar surface area (TPSA) is 84.7 Å². The number of piperidine rings is 1. The highest BCUT2D eigenvalue weighted by atomic mass is 16.6. The zero-order valence-electron chi connectivity index (χ0n) is 16.9. The molecule has 1 saturated heterocycles. The third kappa shape index (κ3) is 5.54. The van der Waals surface area contributed by atoms with Gasteiger partial charge in [-0.15, -0.1) is 0 Å². The van der Waals surface area contributed by atoms with Gasteiger partial charge in [-0.25, -0.2) is 0 Å². The fraction of sp³-hybridized carbons (Fsp3) is 0.409. The van der Waals surface area contributed by atoms with E-state index < -0.39 is 10.8 Å². The van der Waals surface area contributed by atoms with Gasteiger partial charge in [0.05, 0.1) is 17.6 Å². The Morgan fingerprint density at radius 2 is 1.83 bits per heavy atom. The summed E-state index contributed by atoms with van der Waals surface area (Å²) in [4.78, 5) is 25.4. The maximum Gasteiger partial charge on any atom is 0.270 e. The van der Waals surface area contributed by atoms with Crippen LogP contribution in [0.2, 0.25) is 0 Å². The Balaban J connectivity index is 1.58. The molecule has 7 nitrogen and oxygen atoms in total. The Hall–Kier alpha value is -2.93. The minimum atomic E-state index is -0.530. The Morgan fingerprint density at radius 1 is 1.17 bits per heavy atom. The molecule has 0 spiro atoms. The van der Waals surface area contributed by atoms with Crippen molar-refractivity contribution in [3.8, 4) is 5.75 Å². The van der Waals surface area contributed by atoms with Crippen molar-refractivity contribution in [1.29, 1.82) is 0 Å². The molecule has 1 amide bonds. The number of nitrogens with one attached hydrogen (secondary N) is 1. The molecule has 0 unspecified atom stereocenters. The first kappa shape index (κ1) is 20.8. The summed E-state index contributed by atoms with van der Waals surface area (Å²) in [6.07, 6.45) is 2.51. The van der Waals surface area contributed by atoms with Crippen molar-refractivity contribution >= 4 is 11.6 Å². The van der Waals surface area contributed by atoms with E-state index in [-0.39, 0.29) is 11.3 Å². The minimum absolute atomic E-state index is 0.146. The lowest BCUT2D eigenvalue weighted by Gasteiger charge is -2.30. The van der Waals surface area contributed by atoms with E-state index in [2.05, 4.69) is 29.3 Å². The summed E-state index contributed by atoms with van der Waals surface area (Å²) in [5, 5.41) is 13.8. The Bertz CT molecular complexity index is 859. The summed E-state index contributed by atoms with van der Waals surface area (Å²) >= 11 is 0. The quantitative estimate of drug-likeness (QED) is 0.568. The van der Waals surface area contributed by atoms with Gasteiger partial charge in [-0.2, -0.15) is 0 Å². The number of carbonyl (C=O) groups excluding carboxylic acids is 1. The zero-order chi connectivity index (χ0) is 20.8. The van der Waals surface area contributed by atoms with Crippen molar-refractivity contribution in [3.63, 3.8) is 0 Å². The average Bonchev–Trinajstić information content (AvgIpc) is 2.74. The van der Waals surface area contributed by atoms with Gasteiger partial charge >= 0.3 is 0 Å². The molecule has 1 heterocycles. The zero-order valence-corrected chi connectivity index (χ0v) is 16.9. The van der Waals surface area contributed by atoms with E-state index in [1.165, 1.54) is 43.7 Å². The third-order valence-corrected chi connectivity index (χ3v) is 5.40. The van der Waals surface area contributed by atoms with Crippen LogP contribution < -0.4 is 10.1 Å². The number of nitro groups is 1. The van der Waals surface area contributed by atoms with Gasteiger partial charge in [0.2, 0.25) is 0 Å². The fourth-order valence-electron chi connectivity index (χ4n) is 3.51. The molecule has 1 N–H and O–H groups in total. The second kappa shape index (κ2) is 9.52.